The van der Waals surface area contributed by atoms with Gasteiger partial charge < -0.3 is 10.6 Å². The first-order chi connectivity index (χ1) is 12.2. The minimum Gasteiger partial charge on any atom is -0.357 e. The fraction of sp³-hybridized carbons (Fsp3) is 0.444. The SMILES string of the molecule is CCNC(=NCCCc1cn[nH]c1C)NCCSc1ccc(Cl)cc1.I. The standard InChI is InChI=1S/C18H26ClN5S.HI/c1-3-20-18(21-10-4-5-15-13-23-24-14(15)2)22-11-12-25-17-8-6-16(19)7-9-17;/h6-9,13H,3-5,10-12H2,1-2H3,(H,23,24)(H2,20,21,22);1H. The summed E-state index contributed by atoms with van der Waals surface area (Å²) in [7, 11) is 0. The molecule has 2 aromatic rings. The first-order valence-electron chi connectivity index (χ1n) is 8.58. The Balaban J connectivity index is 0.00000338. The van der Waals surface area contributed by atoms with Crippen LogP contribution in [0.25, 0.3) is 0 Å². The molecule has 0 fully saturated rings. The molecular formula is C18H27ClIN5S. The number of aryl methyl sites for hydroxylation is 2. The van der Waals surface area contributed by atoms with Crippen LogP contribution in [0.5, 0.6) is 0 Å². The molecule has 5 nitrogen and oxygen atoms in total. The van der Waals surface area contributed by atoms with E-state index >= 15 is 0 Å². The molecule has 3 N–H and O–H groups in total. The summed E-state index contributed by atoms with van der Waals surface area (Å²) in [6, 6.07) is 7.93. The molecule has 0 saturated carbocycles. The van der Waals surface area contributed by atoms with Crippen LogP contribution in [0.3, 0.4) is 0 Å². The van der Waals surface area contributed by atoms with E-state index in [0.717, 1.165) is 54.9 Å². The van der Waals surface area contributed by atoms with E-state index in [9.17, 15) is 0 Å². The van der Waals surface area contributed by atoms with Crippen molar-refractivity contribution >= 4 is 53.3 Å². The second-order valence-electron chi connectivity index (χ2n) is 5.61. The highest BCUT2D eigenvalue weighted by atomic mass is 127. The first-order valence-corrected chi connectivity index (χ1v) is 9.94. The summed E-state index contributed by atoms with van der Waals surface area (Å²) in [5, 5.41) is 14.5. The third-order valence-corrected chi connectivity index (χ3v) is 4.90. The number of halogens is 2. The first kappa shape index (κ1) is 23.1. The molecule has 26 heavy (non-hydrogen) atoms. The highest BCUT2D eigenvalue weighted by Crippen LogP contribution is 2.19. The lowest BCUT2D eigenvalue weighted by Crippen LogP contribution is -2.38. The average Bonchev–Trinajstić information content (AvgIpc) is 3.02. The predicted molar refractivity (Wildman–Crippen MR) is 123 cm³/mol. The molecule has 0 radical (unpaired) electrons. The lowest BCUT2D eigenvalue weighted by molar-refractivity contribution is 0.794. The van der Waals surface area contributed by atoms with E-state index in [1.807, 2.05) is 30.5 Å². The fourth-order valence-electron chi connectivity index (χ4n) is 2.30. The van der Waals surface area contributed by atoms with Gasteiger partial charge in [-0.1, -0.05) is 11.6 Å². The normalized spacial score (nSPS) is 11.1. The Morgan fingerprint density at radius 1 is 1.27 bits per heavy atom. The van der Waals surface area contributed by atoms with Crippen molar-refractivity contribution in [2.45, 2.75) is 31.6 Å². The molecule has 0 aliphatic heterocycles. The lowest BCUT2D eigenvalue weighted by Gasteiger charge is -2.11. The van der Waals surface area contributed by atoms with Gasteiger partial charge in [-0.15, -0.1) is 35.7 Å². The van der Waals surface area contributed by atoms with E-state index < -0.39 is 0 Å². The van der Waals surface area contributed by atoms with E-state index in [1.54, 1.807) is 11.8 Å². The Kier molecular flexibility index (Phi) is 11.8. The molecule has 0 amide bonds. The number of nitrogens with zero attached hydrogens (tertiary/aromatic N) is 2. The van der Waals surface area contributed by atoms with E-state index in [1.165, 1.54) is 10.5 Å². The highest BCUT2D eigenvalue weighted by Gasteiger charge is 2.01. The number of aromatic amines is 1. The Morgan fingerprint density at radius 3 is 2.69 bits per heavy atom. The molecule has 0 bridgehead atoms. The zero-order valence-corrected chi connectivity index (χ0v) is 19.1. The van der Waals surface area contributed by atoms with E-state index in [4.69, 9.17) is 11.6 Å². The zero-order chi connectivity index (χ0) is 17.9. The summed E-state index contributed by atoms with van der Waals surface area (Å²) in [5.41, 5.74) is 2.42. The second-order valence-corrected chi connectivity index (χ2v) is 7.22. The van der Waals surface area contributed by atoms with E-state index in [-0.39, 0.29) is 24.0 Å². The Morgan fingerprint density at radius 2 is 2.04 bits per heavy atom. The lowest BCUT2D eigenvalue weighted by atomic mass is 10.1. The van der Waals surface area contributed by atoms with Crippen molar-refractivity contribution in [1.29, 1.82) is 0 Å². The number of nitrogens with one attached hydrogen (secondary N) is 3. The summed E-state index contributed by atoms with van der Waals surface area (Å²) < 4.78 is 0. The maximum absolute atomic E-state index is 5.90. The van der Waals surface area contributed by atoms with Crippen LogP contribution in [0.15, 0.2) is 40.4 Å². The van der Waals surface area contributed by atoms with Gasteiger partial charge in [-0.25, -0.2) is 0 Å². The van der Waals surface area contributed by atoms with Crippen LogP contribution in [0, 0.1) is 6.92 Å². The fourth-order valence-corrected chi connectivity index (χ4v) is 3.19. The quantitative estimate of drug-likeness (QED) is 0.156. The van der Waals surface area contributed by atoms with Gasteiger partial charge in [-0.2, -0.15) is 5.10 Å². The molecule has 1 heterocycles. The molecule has 0 aliphatic carbocycles. The van der Waals surface area contributed by atoms with Crippen molar-refractivity contribution < 1.29 is 0 Å². The summed E-state index contributed by atoms with van der Waals surface area (Å²) in [6.07, 6.45) is 3.91. The van der Waals surface area contributed by atoms with Gasteiger partial charge in [-0.3, -0.25) is 10.1 Å². The Labute approximate surface area is 182 Å². The zero-order valence-electron chi connectivity index (χ0n) is 15.2. The van der Waals surface area contributed by atoms with Gasteiger partial charge in [0.2, 0.25) is 0 Å². The van der Waals surface area contributed by atoms with Crippen LogP contribution in [-0.4, -0.2) is 41.5 Å². The smallest absolute Gasteiger partial charge is 0.191 e. The third kappa shape index (κ3) is 8.64. The molecule has 0 spiro atoms. The van der Waals surface area contributed by atoms with Gasteiger partial charge in [0.15, 0.2) is 5.96 Å². The Bertz CT molecular complexity index is 660. The monoisotopic (exact) mass is 507 g/mol. The minimum atomic E-state index is 0. The van der Waals surface area contributed by atoms with Crippen LogP contribution in [0.1, 0.15) is 24.6 Å². The largest absolute Gasteiger partial charge is 0.357 e. The molecule has 0 unspecified atom stereocenters. The Hall–Kier alpha value is -0.930. The molecule has 144 valence electrons. The van der Waals surface area contributed by atoms with Crippen LogP contribution in [0.2, 0.25) is 5.02 Å². The van der Waals surface area contributed by atoms with Crippen LogP contribution < -0.4 is 10.6 Å². The molecule has 1 aromatic heterocycles. The molecule has 0 atom stereocenters. The topological polar surface area (TPSA) is 65.1 Å². The summed E-state index contributed by atoms with van der Waals surface area (Å²) >= 11 is 7.70. The minimum absolute atomic E-state index is 0. The average molecular weight is 508 g/mol. The maximum atomic E-state index is 5.90. The van der Waals surface area contributed by atoms with Gasteiger partial charge in [0, 0.05) is 41.0 Å². The van der Waals surface area contributed by atoms with E-state index in [0.29, 0.717) is 0 Å². The molecule has 0 aliphatic rings. The molecule has 0 saturated heterocycles. The van der Waals surface area contributed by atoms with Gasteiger partial charge in [0.05, 0.1) is 6.20 Å². The maximum Gasteiger partial charge on any atom is 0.191 e. The van der Waals surface area contributed by atoms with E-state index in [2.05, 4.69) is 39.7 Å². The van der Waals surface area contributed by atoms with Crippen molar-refractivity contribution in [1.82, 2.24) is 20.8 Å². The third-order valence-electron chi connectivity index (χ3n) is 3.63. The number of thioether (sulfide) groups is 1. The van der Waals surface area contributed by atoms with Crippen LogP contribution >= 0.6 is 47.3 Å². The number of H-pyrrole nitrogens is 1. The number of aliphatic imine (C=N–C) groups is 1. The molecular weight excluding hydrogens is 481 g/mol. The van der Waals surface area contributed by atoms with Crippen LogP contribution in [0.4, 0.5) is 0 Å². The highest BCUT2D eigenvalue weighted by molar-refractivity contribution is 14.0. The van der Waals surface area contributed by atoms with Gasteiger partial charge in [0.25, 0.3) is 0 Å². The van der Waals surface area contributed by atoms with Gasteiger partial charge >= 0.3 is 0 Å². The number of guanidine groups is 1. The number of benzene rings is 1. The van der Waals surface area contributed by atoms with Crippen molar-refractivity contribution in [2.24, 2.45) is 4.99 Å². The van der Waals surface area contributed by atoms with Crippen molar-refractivity contribution in [3.8, 4) is 0 Å². The summed E-state index contributed by atoms with van der Waals surface area (Å²) in [5.74, 6) is 1.85. The summed E-state index contributed by atoms with van der Waals surface area (Å²) in [6.45, 7) is 6.64. The van der Waals surface area contributed by atoms with Gasteiger partial charge in [-0.05, 0) is 56.5 Å². The molecule has 8 heteroatoms. The van der Waals surface area contributed by atoms with Gasteiger partial charge in [0.1, 0.15) is 0 Å². The van der Waals surface area contributed by atoms with Crippen molar-refractivity contribution in [3.63, 3.8) is 0 Å². The van der Waals surface area contributed by atoms with Crippen molar-refractivity contribution in [3.05, 3.63) is 46.7 Å². The molecule has 2 rings (SSSR count). The second kappa shape index (κ2) is 13.3. The number of hydrogen-bond acceptors (Lipinski definition) is 3. The van der Waals surface area contributed by atoms with Crippen LogP contribution in [-0.2, 0) is 6.42 Å². The number of aromatic nitrogens is 2. The predicted octanol–water partition coefficient (Wildman–Crippen LogP) is 4.27. The number of hydrogen-bond donors (Lipinski definition) is 3. The summed E-state index contributed by atoms with van der Waals surface area (Å²) in [4.78, 5) is 5.86. The van der Waals surface area contributed by atoms with Crippen molar-refractivity contribution in [2.75, 3.05) is 25.4 Å². The molecule has 1 aromatic carbocycles. The number of rotatable bonds is 9.